The van der Waals surface area contributed by atoms with E-state index in [1.807, 2.05) is 45.0 Å². The molecule has 5 heteroatoms. The van der Waals surface area contributed by atoms with E-state index in [1.54, 1.807) is 12.1 Å². The average molecular weight is 377 g/mol. The first kappa shape index (κ1) is 16.6. The molecule has 2 aromatic rings. The van der Waals surface area contributed by atoms with Crippen molar-refractivity contribution in [3.05, 3.63) is 63.1 Å². The average Bonchev–Trinajstić information content (AvgIpc) is 2.46. The number of carbonyl (C=O) groups excluding carboxylic acids is 1. The molecule has 0 aliphatic heterocycles. The van der Waals surface area contributed by atoms with Gasteiger partial charge in [-0.1, -0.05) is 40.2 Å². The van der Waals surface area contributed by atoms with E-state index in [-0.39, 0.29) is 5.91 Å². The molecular formula is C17H17BrN2OS. The number of hydrogen-bond acceptors (Lipinski definition) is 2. The number of thiocarbonyl (C=S) groups is 1. The summed E-state index contributed by atoms with van der Waals surface area (Å²) in [6.45, 7) is 5.96. The molecule has 0 bridgehead atoms. The molecule has 0 spiro atoms. The number of nitrogens with one attached hydrogen (secondary N) is 2. The molecule has 2 N–H and O–H groups in total. The third-order valence-electron chi connectivity index (χ3n) is 3.38. The van der Waals surface area contributed by atoms with E-state index in [4.69, 9.17) is 12.2 Å². The summed E-state index contributed by atoms with van der Waals surface area (Å²) in [5.41, 5.74) is 4.72. The van der Waals surface area contributed by atoms with Gasteiger partial charge < -0.3 is 5.32 Å². The summed E-state index contributed by atoms with van der Waals surface area (Å²) in [7, 11) is 0. The van der Waals surface area contributed by atoms with Gasteiger partial charge >= 0.3 is 0 Å². The van der Waals surface area contributed by atoms with E-state index < -0.39 is 0 Å². The van der Waals surface area contributed by atoms with E-state index in [0.717, 1.165) is 26.9 Å². The largest absolute Gasteiger partial charge is 0.332 e. The Morgan fingerprint density at radius 3 is 2.27 bits per heavy atom. The highest BCUT2D eigenvalue weighted by Crippen LogP contribution is 2.20. The van der Waals surface area contributed by atoms with E-state index in [9.17, 15) is 4.79 Å². The van der Waals surface area contributed by atoms with Crippen LogP contribution in [0.3, 0.4) is 0 Å². The number of halogens is 1. The van der Waals surface area contributed by atoms with Gasteiger partial charge in [0.1, 0.15) is 0 Å². The lowest BCUT2D eigenvalue weighted by atomic mass is 10.1. The molecule has 0 heterocycles. The maximum atomic E-state index is 12.2. The second kappa shape index (κ2) is 7.03. The van der Waals surface area contributed by atoms with Gasteiger partial charge in [-0.25, -0.2) is 0 Å². The number of hydrogen-bond donors (Lipinski definition) is 2. The summed E-state index contributed by atoms with van der Waals surface area (Å²) in [5, 5.41) is 6.09. The lowest BCUT2D eigenvalue weighted by Gasteiger charge is -2.14. The lowest BCUT2D eigenvalue weighted by molar-refractivity contribution is 0.0977. The van der Waals surface area contributed by atoms with Crippen molar-refractivity contribution in [3.8, 4) is 0 Å². The number of benzene rings is 2. The highest BCUT2D eigenvalue weighted by molar-refractivity contribution is 9.10. The molecule has 0 fully saturated rings. The quantitative estimate of drug-likeness (QED) is 0.758. The molecular weight excluding hydrogens is 360 g/mol. The monoisotopic (exact) mass is 376 g/mol. The molecule has 0 unspecified atom stereocenters. The molecule has 2 aromatic carbocycles. The van der Waals surface area contributed by atoms with Gasteiger partial charge in [-0.15, -0.1) is 0 Å². The standard InChI is InChI=1S/C17H17BrN2OS/c1-10-7-8-13(9-14(10)18)16(21)20-17(22)19-15-11(2)5-4-6-12(15)3/h4-9H,1-3H3,(H2,19,20,21,22). The van der Waals surface area contributed by atoms with Crippen LogP contribution in [0, 0.1) is 20.8 Å². The van der Waals surface area contributed by atoms with E-state index in [0.29, 0.717) is 10.7 Å². The van der Waals surface area contributed by atoms with Crippen molar-refractivity contribution in [1.29, 1.82) is 0 Å². The molecule has 1 amide bonds. The van der Waals surface area contributed by atoms with E-state index >= 15 is 0 Å². The smallest absolute Gasteiger partial charge is 0.257 e. The molecule has 22 heavy (non-hydrogen) atoms. The van der Waals surface area contributed by atoms with Crippen molar-refractivity contribution >= 4 is 44.9 Å². The number of aryl methyl sites for hydroxylation is 3. The number of carbonyl (C=O) groups is 1. The van der Waals surface area contributed by atoms with Gasteiger partial charge in [-0.3, -0.25) is 10.1 Å². The number of para-hydroxylation sites is 1. The summed E-state index contributed by atoms with van der Waals surface area (Å²) in [4.78, 5) is 12.2. The zero-order valence-corrected chi connectivity index (χ0v) is 15.1. The first-order chi connectivity index (χ1) is 10.4. The molecule has 2 rings (SSSR count). The molecule has 0 saturated heterocycles. The normalized spacial score (nSPS) is 10.2. The maximum Gasteiger partial charge on any atom is 0.257 e. The molecule has 0 aliphatic carbocycles. The van der Waals surface area contributed by atoms with Gasteiger partial charge in [-0.05, 0) is 61.8 Å². The van der Waals surface area contributed by atoms with E-state index in [2.05, 4.69) is 26.6 Å². The summed E-state index contributed by atoms with van der Waals surface area (Å²) in [5.74, 6) is -0.232. The zero-order chi connectivity index (χ0) is 16.3. The van der Waals surface area contributed by atoms with Crippen molar-refractivity contribution in [1.82, 2.24) is 5.32 Å². The van der Waals surface area contributed by atoms with Crippen molar-refractivity contribution in [2.75, 3.05) is 5.32 Å². The molecule has 0 radical (unpaired) electrons. The lowest BCUT2D eigenvalue weighted by Crippen LogP contribution is -2.34. The highest BCUT2D eigenvalue weighted by atomic mass is 79.9. The molecule has 0 aromatic heterocycles. The maximum absolute atomic E-state index is 12.2. The van der Waals surface area contributed by atoms with Crippen molar-refractivity contribution in [2.45, 2.75) is 20.8 Å². The highest BCUT2D eigenvalue weighted by Gasteiger charge is 2.10. The molecule has 3 nitrogen and oxygen atoms in total. The van der Waals surface area contributed by atoms with Crippen LogP contribution in [0.1, 0.15) is 27.0 Å². The minimum Gasteiger partial charge on any atom is -0.332 e. The molecule has 0 aliphatic rings. The predicted molar refractivity (Wildman–Crippen MR) is 98.5 cm³/mol. The summed E-state index contributed by atoms with van der Waals surface area (Å²) in [6, 6.07) is 11.4. The van der Waals surface area contributed by atoms with Crippen LogP contribution in [0.25, 0.3) is 0 Å². The second-order valence-corrected chi connectivity index (χ2v) is 6.40. The fraction of sp³-hybridized carbons (Fsp3) is 0.176. The molecule has 0 saturated carbocycles. The Bertz CT molecular complexity index is 723. The van der Waals surface area contributed by atoms with Gasteiger partial charge in [0, 0.05) is 15.7 Å². The second-order valence-electron chi connectivity index (χ2n) is 5.14. The van der Waals surface area contributed by atoms with Crippen LogP contribution in [-0.2, 0) is 0 Å². The topological polar surface area (TPSA) is 41.1 Å². The summed E-state index contributed by atoms with van der Waals surface area (Å²) < 4.78 is 0.897. The fourth-order valence-corrected chi connectivity index (χ4v) is 2.64. The summed E-state index contributed by atoms with van der Waals surface area (Å²) in [6.07, 6.45) is 0. The van der Waals surface area contributed by atoms with E-state index in [1.165, 1.54) is 0 Å². The Balaban J connectivity index is 2.08. The van der Waals surface area contributed by atoms with Crippen LogP contribution in [0.4, 0.5) is 5.69 Å². The first-order valence-corrected chi connectivity index (χ1v) is 8.03. The number of amides is 1. The predicted octanol–water partition coefficient (Wildman–Crippen LogP) is 4.50. The van der Waals surface area contributed by atoms with Crippen LogP contribution in [-0.4, -0.2) is 11.0 Å². The van der Waals surface area contributed by atoms with Crippen LogP contribution >= 0.6 is 28.1 Å². The van der Waals surface area contributed by atoms with Gasteiger partial charge in [0.2, 0.25) is 0 Å². The number of anilines is 1. The van der Waals surface area contributed by atoms with Gasteiger partial charge in [0.05, 0.1) is 0 Å². The summed E-state index contributed by atoms with van der Waals surface area (Å²) >= 11 is 8.66. The van der Waals surface area contributed by atoms with Crippen LogP contribution in [0.2, 0.25) is 0 Å². The fourth-order valence-electron chi connectivity index (χ4n) is 2.07. The van der Waals surface area contributed by atoms with Gasteiger partial charge in [-0.2, -0.15) is 0 Å². The Labute approximate surface area is 144 Å². The van der Waals surface area contributed by atoms with Crippen LogP contribution in [0.5, 0.6) is 0 Å². The molecule has 0 atom stereocenters. The minimum absolute atomic E-state index is 0.232. The van der Waals surface area contributed by atoms with Crippen molar-refractivity contribution < 1.29 is 4.79 Å². The third-order valence-corrected chi connectivity index (χ3v) is 4.44. The Hall–Kier alpha value is -1.72. The van der Waals surface area contributed by atoms with Crippen molar-refractivity contribution in [2.24, 2.45) is 0 Å². The van der Waals surface area contributed by atoms with Gasteiger partial charge in [0.25, 0.3) is 5.91 Å². The zero-order valence-electron chi connectivity index (χ0n) is 12.7. The Kier molecular flexibility index (Phi) is 5.32. The first-order valence-electron chi connectivity index (χ1n) is 6.83. The molecule has 114 valence electrons. The minimum atomic E-state index is -0.232. The van der Waals surface area contributed by atoms with Gasteiger partial charge in [0.15, 0.2) is 5.11 Å². The third kappa shape index (κ3) is 3.93. The SMILES string of the molecule is Cc1ccc(C(=O)NC(=S)Nc2c(C)cccc2C)cc1Br. The van der Waals surface area contributed by atoms with Crippen LogP contribution in [0.15, 0.2) is 40.9 Å². The Morgan fingerprint density at radius 2 is 1.68 bits per heavy atom. The number of rotatable bonds is 2. The van der Waals surface area contributed by atoms with Crippen LogP contribution < -0.4 is 10.6 Å². The Morgan fingerprint density at radius 1 is 1.05 bits per heavy atom. The van der Waals surface area contributed by atoms with Crippen molar-refractivity contribution in [3.63, 3.8) is 0 Å².